The molecule has 0 radical (unpaired) electrons. The number of anilines is 3. The maximum Gasteiger partial charge on any atom is 0.0468 e. The number of hydrogen-bond donors (Lipinski definition) is 0. The average Bonchev–Trinajstić information content (AvgIpc) is 3.55. The van der Waals surface area contributed by atoms with Crippen LogP contribution in [0.3, 0.4) is 0 Å². The van der Waals surface area contributed by atoms with Crippen LogP contribution < -0.4 is 4.90 Å². The first-order valence-corrected chi connectivity index (χ1v) is 18.8. The maximum absolute atomic E-state index is 2.46. The van der Waals surface area contributed by atoms with Crippen LogP contribution in [0.2, 0.25) is 0 Å². The van der Waals surface area contributed by atoms with Gasteiger partial charge in [0.2, 0.25) is 0 Å². The van der Waals surface area contributed by atoms with Gasteiger partial charge in [0.15, 0.2) is 0 Å². The Morgan fingerprint density at radius 2 is 0.849 bits per heavy atom. The van der Waals surface area contributed by atoms with Crippen LogP contribution in [0, 0.1) is 0 Å². The molecule has 0 unspecified atom stereocenters. The number of benzene rings is 9. The Hall–Kier alpha value is -6.18. The Labute approximate surface area is 310 Å². The van der Waals surface area contributed by atoms with Gasteiger partial charge in [-0.3, -0.25) is 0 Å². The van der Waals surface area contributed by atoms with Crippen molar-refractivity contribution in [2.75, 3.05) is 4.90 Å². The Kier molecular flexibility index (Phi) is 6.14. The summed E-state index contributed by atoms with van der Waals surface area (Å²) in [6.45, 7) is 9.59. The zero-order valence-corrected chi connectivity index (χ0v) is 30.5. The fourth-order valence-corrected chi connectivity index (χ4v) is 9.93. The van der Waals surface area contributed by atoms with Crippen molar-refractivity contribution in [3.05, 3.63) is 186 Å². The van der Waals surface area contributed by atoms with Crippen LogP contribution in [-0.2, 0) is 10.8 Å². The van der Waals surface area contributed by atoms with Gasteiger partial charge in [-0.05, 0) is 148 Å². The molecule has 0 N–H and O–H groups in total. The molecule has 0 saturated carbocycles. The zero-order chi connectivity index (χ0) is 35.6. The van der Waals surface area contributed by atoms with E-state index < -0.39 is 0 Å². The molecule has 0 aliphatic heterocycles. The molecule has 1 heteroatoms. The summed E-state index contributed by atoms with van der Waals surface area (Å²) in [5, 5.41) is 10.5. The van der Waals surface area contributed by atoms with E-state index in [0.717, 1.165) is 11.4 Å². The van der Waals surface area contributed by atoms with Gasteiger partial charge < -0.3 is 4.90 Å². The first-order chi connectivity index (χ1) is 25.8. The fraction of sp³-hybridized carbons (Fsp3) is 0.115. The number of fused-ring (bicyclic) bond motifs is 13. The predicted molar refractivity (Wildman–Crippen MR) is 226 cm³/mol. The Balaban J connectivity index is 1.09. The number of nitrogens with zero attached hydrogens (tertiary/aromatic N) is 1. The van der Waals surface area contributed by atoms with E-state index in [1.165, 1.54) is 93.3 Å². The van der Waals surface area contributed by atoms with Crippen LogP contribution in [0.1, 0.15) is 49.9 Å². The van der Waals surface area contributed by atoms with Gasteiger partial charge in [-0.25, -0.2) is 0 Å². The zero-order valence-electron chi connectivity index (χ0n) is 30.5. The molecule has 0 aromatic heterocycles. The third-order valence-corrected chi connectivity index (χ3v) is 12.5. The predicted octanol–water partition coefficient (Wildman–Crippen LogP) is 14.4. The molecule has 2 aliphatic rings. The highest BCUT2D eigenvalue weighted by Crippen LogP contribution is 2.56. The molecule has 252 valence electrons. The van der Waals surface area contributed by atoms with Gasteiger partial charge in [0, 0.05) is 27.9 Å². The lowest BCUT2D eigenvalue weighted by Gasteiger charge is -2.29. The van der Waals surface area contributed by atoms with Crippen molar-refractivity contribution >= 4 is 60.2 Å². The average molecular weight is 678 g/mol. The molecule has 0 amide bonds. The molecule has 1 nitrogen and oxygen atoms in total. The highest BCUT2D eigenvalue weighted by atomic mass is 15.1. The molecular weight excluding hydrogens is 639 g/mol. The second-order valence-electron chi connectivity index (χ2n) is 16.2. The number of rotatable bonds is 3. The van der Waals surface area contributed by atoms with Crippen molar-refractivity contribution in [1.29, 1.82) is 0 Å². The summed E-state index contributed by atoms with van der Waals surface area (Å²) >= 11 is 0. The summed E-state index contributed by atoms with van der Waals surface area (Å²) < 4.78 is 0. The summed E-state index contributed by atoms with van der Waals surface area (Å²) in [6, 6.07) is 61.4. The summed E-state index contributed by atoms with van der Waals surface area (Å²) in [6.07, 6.45) is 0. The summed E-state index contributed by atoms with van der Waals surface area (Å²) in [4.78, 5) is 2.44. The first-order valence-electron chi connectivity index (χ1n) is 18.8. The van der Waals surface area contributed by atoms with Gasteiger partial charge in [0.25, 0.3) is 0 Å². The molecule has 53 heavy (non-hydrogen) atoms. The van der Waals surface area contributed by atoms with Crippen LogP contribution in [0.15, 0.2) is 164 Å². The third-order valence-electron chi connectivity index (χ3n) is 12.5. The molecule has 0 fully saturated rings. The molecule has 9 aromatic carbocycles. The van der Waals surface area contributed by atoms with Crippen molar-refractivity contribution in [3.8, 4) is 22.3 Å². The lowest BCUT2D eigenvalue weighted by molar-refractivity contribution is 0.662. The van der Waals surface area contributed by atoms with Crippen molar-refractivity contribution in [1.82, 2.24) is 0 Å². The van der Waals surface area contributed by atoms with E-state index in [1.807, 2.05) is 0 Å². The first kappa shape index (κ1) is 30.4. The number of hydrogen-bond acceptors (Lipinski definition) is 1. The summed E-state index contributed by atoms with van der Waals surface area (Å²) in [5.41, 5.74) is 14.3. The minimum Gasteiger partial charge on any atom is -0.310 e. The van der Waals surface area contributed by atoms with Gasteiger partial charge >= 0.3 is 0 Å². The molecule has 2 aliphatic carbocycles. The summed E-state index contributed by atoms with van der Waals surface area (Å²) in [5.74, 6) is 0. The quantitative estimate of drug-likeness (QED) is 0.168. The monoisotopic (exact) mass is 677 g/mol. The van der Waals surface area contributed by atoms with Gasteiger partial charge in [0.05, 0.1) is 0 Å². The van der Waals surface area contributed by atoms with E-state index >= 15 is 0 Å². The lowest BCUT2D eigenvalue weighted by atomic mass is 9.79. The Morgan fingerprint density at radius 1 is 0.340 bits per heavy atom. The van der Waals surface area contributed by atoms with Crippen LogP contribution >= 0.6 is 0 Å². The topological polar surface area (TPSA) is 3.24 Å². The molecule has 0 bridgehead atoms. The molecule has 0 spiro atoms. The largest absolute Gasteiger partial charge is 0.310 e. The molecule has 0 atom stereocenters. The highest BCUT2D eigenvalue weighted by molar-refractivity contribution is 6.18. The van der Waals surface area contributed by atoms with Gasteiger partial charge in [0.1, 0.15) is 0 Å². The second kappa shape index (κ2) is 10.7. The smallest absolute Gasteiger partial charge is 0.0468 e. The van der Waals surface area contributed by atoms with E-state index in [2.05, 4.69) is 196 Å². The van der Waals surface area contributed by atoms with Crippen LogP contribution in [0.4, 0.5) is 17.1 Å². The minimum atomic E-state index is -0.179. The van der Waals surface area contributed by atoms with Crippen LogP contribution in [0.5, 0.6) is 0 Å². The molecule has 0 heterocycles. The van der Waals surface area contributed by atoms with Gasteiger partial charge in [-0.2, -0.15) is 0 Å². The van der Waals surface area contributed by atoms with E-state index in [-0.39, 0.29) is 10.8 Å². The third kappa shape index (κ3) is 4.20. The normalized spacial score (nSPS) is 14.7. The standard InChI is InChI=1S/C52H39N/c1-51(2)46-29-33-15-9-8-14-32(33)27-44(46)45-28-34-22-23-37(26-35(34)30-47(45)51)53(36-16-6-5-7-17-36)38-24-25-43-48(31-38)52(3,4)50-42-21-13-11-19-40(42)39-18-10-12-20-41(39)49(43)50/h5-31H,1-4H3. The van der Waals surface area contributed by atoms with Gasteiger partial charge in [-0.1, -0.05) is 131 Å². The van der Waals surface area contributed by atoms with Crippen LogP contribution in [-0.4, -0.2) is 0 Å². The highest BCUT2D eigenvalue weighted by Gasteiger charge is 2.39. The SMILES string of the molecule is CC1(C)c2cc3ccccc3cc2-c2cc3ccc(N(c4ccccc4)c4ccc5c(c4)C(C)(C)c4c-5c5ccccc5c5ccccc45)cc3cc21. The van der Waals surface area contributed by atoms with E-state index in [4.69, 9.17) is 0 Å². The molecular formula is C52H39N. The van der Waals surface area contributed by atoms with E-state index in [1.54, 1.807) is 0 Å². The minimum absolute atomic E-state index is 0.0904. The molecule has 11 rings (SSSR count). The molecule has 9 aromatic rings. The van der Waals surface area contributed by atoms with Crippen LogP contribution in [0.25, 0.3) is 65.3 Å². The van der Waals surface area contributed by atoms with Crippen molar-refractivity contribution in [2.24, 2.45) is 0 Å². The van der Waals surface area contributed by atoms with E-state index in [9.17, 15) is 0 Å². The van der Waals surface area contributed by atoms with Crippen molar-refractivity contribution < 1.29 is 0 Å². The van der Waals surface area contributed by atoms with E-state index in [0.29, 0.717) is 0 Å². The van der Waals surface area contributed by atoms with Crippen molar-refractivity contribution in [3.63, 3.8) is 0 Å². The summed E-state index contributed by atoms with van der Waals surface area (Å²) in [7, 11) is 0. The van der Waals surface area contributed by atoms with Crippen molar-refractivity contribution in [2.45, 2.75) is 38.5 Å². The fourth-order valence-electron chi connectivity index (χ4n) is 9.93. The van der Waals surface area contributed by atoms with Gasteiger partial charge in [-0.15, -0.1) is 0 Å². The maximum atomic E-state index is 2.46. The number of para-hydroxylation sites is 1. The lowest BCUT2D eigenvalue weighted by Crippen LogP contribution is -2.17. The molecule has 0 saturated heterocycles. The second-order valence-corrected chi connectivity index (χ2v) is 16.2. The Bertz CT molecular complexity index is 3000. The Morgan fingerprint density at radius 3 is 1.57 bits per heavy atom.